The maximum absolute atomic E-state index is 13.6. The predicted octanol–water partition coefficient (Wildman–Crippen LogP) is 5.11. The van der Waals surface area contributed by atoms with Crippen molar-refractivity contribution in [1.82, 2.24) is 15.1 Å². The van der Waals surface area contributed by atoms with Crippen molar-refractivity contribution in [2.75, 3.05) is 39.4 Å². The highest BCUT2D eigenvalue weighted by molar-refractivity contribution is 7.10. The largest absolute Gasteiger partial charge is 0.382 e. The highest BCUT2D eigenvalue weighted by Gasteiger charge is 2.33. The SMILES string of the molecule is CCCCNC(=O)N(CCCOCC)CC(=O)N1CCc2sccc2C1c1ccc(Cl)cc1. The molecule has 6 nitrogen and oxygen atoms in total. The lowest BCUT2D eigenvalue weighted by atomic mass is 9.93. The fourth-order valence-corrected chi connectivity index (χ4v) is 5.11. The highest BCUT2D eigenvalue weighted by Crippen LogP contribution is 2.38. The van der Waals surface area contributed by atoms with E-state index in [9.17, 15) is 9.59 Å². The zero-order valence-corrected chi connectivity index (χ0v) is 21.1. The van der Waals surface area contributed by atoms with Gasteiger partial charge in [0.25, 0.3) is 0 Å². The molecule has 1 N–H and O–H groups in total. The lowest BCUT2D eigenvalue weighted by Gasteiger charge is -2.37. The number of unbranched alkanes of at least 4 members (excludes halogenated alkanes) is 1. The van der Waals surface area contributed by atoms with Gasteiger partial charge in [-0.2, -0.15) is 0 Å². The fraction of sp³-hybridized carbons (Fsp3) is 0.520. The predicted molar refractivity (Wildman–Crippen MR) is 134 cm³/mol. The summed E-state index contributed by atoms with van der Waals surface area (Å²) < 4.78 is 5.43. The second-order valence-electron chi connectivity index (χ2n) is 8.15. The Bertz CT molecular complexity index is 903. The molecule has 2 aromatic rings. The van der Waals surface area contributed by atoms with Gasteiger partial charge in [-0.05, 0) is 60.9 Å². The standard InChI is InChI=1S/C25H34ClN3O3S/c1-3-5-13-27-25(31)28(14-6-16-32-4-2)18-23(30)29-15-11-22-21(12-17-33-22)24(29)19-7-9-20(26)10-8-19/h7-10,12,17,24H,3-6,11,13-16,18H2,1-2H3,(H,27,31). The summed E-state index contributed by atoms with van der Waals surface area (Å²) in [4.78, 5) is 31.2. The van der Waals surface area contributed by atoms with Crippen LogP contribution in [-0.2, 0) is 16.0 Å². The third-order valence-electron chi connectivity index (χ3n) is 5.81. The number of ether oxygens (including phenoxy) is 1. The number of carbonyl (C=O) groups excluding carboxylic acids is 2. The maximum Gasteiger partial charge on any atom is 0.317 e. The number of nitrogens with zero attached hydrogens (tertiary/aromatic N) is 2. The van der Waals surface area contributed by atoms with E-state index in [1.807, 2.05) is 36.1 Å². The van der Waals surface area contributed by atoms with E-state index in [1.54, 1.807) is 16.2 Å². The van der Waals surface area contributed by atoms with Crippen LogP contribution < -0.4 is 5.32 Å². The molecule has 1 atom stereocenters. The van der Waals surface area contributed by atoms with Gasteiger partial charge in [-0.1, -0.05) is 37.1 Å². The van der Waals surface area contributed by atoms with E-state index in [0.717, 1.165) is 30.4 Å². The van der Waals surface area contributed by atoms with Crippen LogP contribution in [0.4, 0.5) is 4.79 Å². The number of rotatable bonds is 11. The third kappa shape index (κ3) is 6.95. The van der Waals surface area contributed by atoms with Gasteiger partial charge < -0.3 is 19.9 Å². The molecule has 0 saturated heterocycles. The summed E-state index contributed by atoms with van der Waals surface area (Å²) in [6.07, 6.45) is 3.44. The van der Waals surface area contributed by atoms with Crippen LogP contribution in [0.1, 0.15) is 55.2 Å². The van der Waals surface area contributed by atoms with E-state index >= 15 is 0 Å². The minimum absolute atomic E-state index is 0.0474. The van der Waals surface area contributed by atoms with Gasteiger partial charge in [0, 0.05) is 42.7 Å². The smallest absolute Gasteiger partial charge is 0.317 e. The van der Waals surface area contributed by atoms with Crippen molar-refractivity contribution in [3.63, 3.8) is 0 Å². The molecule has 1 aromatic heterocycles. The molecular formula is C25H34ClN3O3S. The fourth-order valence-electron chi connectivity index (χ4n) is 4.08. The van der Waals surface area contributed by atoms with Crippen molar-refractivity contribution in [2.24, 2.45) is 0 Å². The van der Waals surface area contributed by atoms with Gasteiger partial charge in [0.15, 0.2) is 0 Å². The number of fused-ring (bicyclic) bond motifs is 1. The van der Waals surface area contributed by atoms with Crippen LogP contribution in [0.3, 0.4) is 0 Å². The molecule has 3 amide bonds. The van der Waals surface area contributed by atoms with Crippen molar-refractivity contribution in [3.8, 4) is 0 Å². The van der Waals surface area contributed by atoms with Crippen LogP contribution >= 0.6 is 22.9 Å². The van der Waals surface area contributed by atoms with Crippen molar-refractivity contribution >= 4 is 34.9 Å². The Morgan fingerprint density at radius 3 is 2.73 bits per heavy atom. The Kier molecular flexibility index (Phi) is 10.0. The van der Waals surface area contributed by atoms with Crippen LogP contribution in [-0.4, -0.2) is 61.1 Å². The Morgan fingerprint density at radius 1 is 1.21 bits per heavy atom. The lowest BCUT2D eigenvalue weighted by molar-refractivity contribution is -0.134. The third-order valence-corrected chi connectivity index (χ3v) is 7.06. The number of halogens is 1. The van der Waals surface area contributed by atoms with Crippen LogP contribution in [0, 0.1) is 0 Å². The first-order valence-electron chi connectivity index (χ1n) is 11.8. The van der Waals surface area contributed by atoms with Gasteiger partial charge in [-0.15, -0.1) is 11.3 Å². The molecule has 0 aliphatic carbocycles. The summed E-state index contributed by atoms with van der Waals surface area (Å²) >= 11 is 7.85. The first kappa shape index (κ1) is 25.5. The topological polar surface area (TPSA) is 61.9 Å². The molecule has 1 aliphatic rings. The average molecular weight is 492 g/mol. The summed E-state index contributed by atoms with van der Waals surface area (Å²) in [5, 5.41) is 5.71. The zero-order valence-electron chi connectivity index (χ0n) is 19.5. The first-order valence-corrected chi connectivity index (χ1v) is 13.0. The van der Waals surface area contributed by atoms with E-state index in [4.69, 9.17) is 16.3 Å². The van der Waals surface area contributed by atoms with Gasteiger partial charge in [-0.25, -0.2) is 4.79 Å². The number of hydrogen-bond donors (Lipinski definition) is 1. The average Bonchev–Trinajstić information content (AvgIpc) is 3.30. The quantitative estimate of drug-likeness (QED) is 0.444. The Balaban J connectivity index is 1.77. The molecule has 1 aromatic carbocycles. The number of nitrogens with one attached hydrogen (secondary N) is 1. The molecule has 2 heterocycles. The molecule has 33 heavy (non-hydrogen) atoms. The summed E-state index contributed by atoms with van der Waals surface area (Å²) in [6, 6.07) is 9.44. The molecule has 1 unspecified atom stereocenters. The summed E-state index contributed by atoms with van der Waals surface area (Å²) in [7, 11) is 0. The molecule has 0 radical (unpaired) electrons. The van der Waals surface area contributed by atoms with E-state index in [-0.39, 0.29) is 24.5 Å². The number of urea groups is 1. The number of carbonyl (C=O) groups is 2. The lowest BCUT2D eigenvalue weighted by Crippen LogP contribution is -2.49. The zero-order chi connectivity index (χ0) is 23.6. The van der Waals surface area contributed by atoms with E-state index in [2.05, 4.69) is 23.7 Å². The van der Waals surface area contributed by atoms with Gasteiger partial charge in [-0.3, -0.25) is 4.79 Å². The Labute approximate surface area is 205 Å². The van der Waals surface area contributed by atoms with Gasteiger partial charge in [0.05, 0.1) is 6.04 Å². The van der Waals surface area contributed by atoms with Crippen LogP contribution in [0.5, 0.6) is 0 Å². The van der Waals surface area contributed by atoms with E-state index < -0.39 is 0 Å². The summed E-state index contributed by atoms with van der Waals surface area (Å²) in [6.45, 7) is 7.01. The van der Waals surface area contributed by atoms with Crippen molar-refractivity contribution < 1.29 is 14.3 Å². The number of benzene rings is 1. The molecular weight excluding hydrogens is 458 g/mol. The second kappa shape index (κ2) is 13.0. The Morgan fingerprint density at radius 2 is 2.00 bits per heavy atom. The molecule has 0 saturated carbocycles. The second-order valence-corrected chi connectivity index (χ2v) is 9.58. The number of thiophene rings is 1. The normalized spacial score (nSPS) is 15.2. The van der Waals surface area contributed by atoms with Gasteiger partial charge >= 0.3 is 6.03 Å². The van der Waals surface area contributed by atoms with Crippen LogP contribution in [0.2, 0.25) is 5.02 Å². The molecule has 1 aliphatic heterocycles. The number of hydrogen-bond acceptors (Lipinski definition) is 4. The summed E-state index contributed by atoms with van der Waals surface area (Å²) in [5.74, 6) is -0.0474. The van der Waals surface area contributed by atoms with Crippen molar-refractivity contribution in [3.05, 3.63) is 56.7 Å². The minimum atomic E-state index is -0.190. The van der Waals surface area contributed by atoms with Crippen molar-refractivity contribution in [2.45, 2.75) is 45.6 Å². The van der Waals surface area contributed by atoms with Crippen LogP contribution in [0.25, 0.3) is 0 Å². The van der Waals surface area contributed by atoms with E-state index in [1.165, 1.54) is 4.88 Å². The molecule has 8 heteroatoms. The molecule has 0 spiro atoms. The monoisotopic (exact) mass is 491 g/mol. The Hall–Kier alpha value is -2.09. The molecule has 180 valence electrons. The van der Waals surface area contributed by atoms with Gasteiger partial charge in [0.1, 0.15) is 6.54 Å². The molecule has 3 rings (SSSR count). The van der Waals surface area contributed by atoms with Crippen molar-refractivity contribution in [1.29, 1.82) is 0 Å². The molecule has 0 fully saturated rings. The minimum Gasteiger partial charge on any atom is -0.382 e. The van der Waals surface area contributed by atoms with Gasteiger partial charge in [0.2, 0.25) is 5.91 Å². The maximum atomic E-state index is 13.6. The first-order chi connectivity index (χ1) is 16.0. The summed E-state index contributed by atoms with van der Waals surface area (Å²) in [5.41, 5.74) is 2.19. The number of amides is 3. The highest BCUT2D eigenvalue weighted by atomic mass is 35.5. The van der Waals surface area contributed by atoms with Crippen LogP contribution in [0.15, 0.2) is 35.7 Å². The molecule has 0 bridgehead atoms. The van der Waals surface area contributed by atoms with E-state index in [0.29, 0.717) is 44.3 Å².